The first-order valence-electron chi connectivity index (χ1n) is 11.3. The van der Waals surface area contributed by atoms with Crippen molar-refractivity contribution in [1.82, 2.24) is 20.3 Å². The van der Waals surface area contributed by atoms with E-state index in [-0.39, 0.29) is 0 Å². The molecule has 0 bridgehead atoms. The van der Waals surface area contributed by atoms with E-state index in [1.54, 1.807) is 0 Å². The maximum absolute atomic E-state index is 4.92. The van der Waals surface area contributed by atoms with Crippen LogP contribution in [0.1, 0.15) is 55.0 Å². The molecular weight excluding hydrogens is 384 g/mol. The van der Waals surface area contributed by atoms with Crippen molar-refractivity contribution in [3.63, 3.8) is 0 Å². The summed E-state index contributed by atoms with van der Waals surface area (Å²) in [6.07, 6.45) is 7.82. The lowest BCUT2D eigenvalue weighted by Gasteiger charge is -2.18. The molecule has 1 saturated carbocycles. The van der Waals surface area contributed by atoms with Crippen molar-refractivity contribution >= 4 is 23.3 Å². The topological polar surface area (TPSA) is 74.8 Å². The number of nitrogens with one attached hydrogen (secondary N) is 3. The van der Waals surface area contributed by atoms with Gasteiger partial charge < -0.3 is 16.0 Å². The molecule has 1 aromatic carbocycles. The largest absolute Gasteiger partial charge is 0.325 e. The number of fused-ring (bicyclic) bond motifs is 1. The van der Waals surface area contributed by atoms with Crippen molar-refractivity contribution in [2.45, 2.75) is 57.9 Å². The smallest absolute Gasteiger partial charge is 0.229 e. The Balaban J connectivity index is 1.35. The third-order valence-electron chi connectivity index (χ3n) is 6.44. The summed E-state index contributed by atoms with van der Waals surface area (Å²) in [5.41, 5.74) is 6.24. The van der Waals surface area contributed by atoms with Crippen LogP contribution in [0.25, 0.3) is 0 Å². The van der Waals surface area contributed by atoms with Gasteiger partial charge in [-0.3, -0.25) is 0 Å². The molecule has 1 aliphatic heterocycles. The second-order valence-electron chi connectivity index (χ2n) is 8.82. The van der Waals surface area contributed by atoms with Gasteiger partial charge in [0.1, 0.15) is 11.6 Å². The van der Waals surface area contributed by atoms with Gasteiger partial charge in [0.2, 0.25) is 5.95 Å². The molecule has 2 aromatic heterocycles. The summed E-state index contributed by atoms with van der Waals surface area (Å²) < 4.78 is 0. The molecule has 31 heavy (non-hydrogen) atoms. The second kappa shape index (κ2) is 8.27. The Morgan fingerprint density at radius 1 is 1.06 bits per heavy atom. The highest BCUT2D eigenvalue weighted by Gasteiger charge is 2.44. The van der Waals surface area contributed by atoms with Gasteiger partial charge in [-0.15, -0.1) is 0 Å². The average molecular weight is 415 g/mol. The zero-order valence-electron chi connectivity index (χ0n) is 18.3. The summed E-state index contributed by atoms with van der Waals surface area (Å²) in [6, 6.07) is 12.8. The molecule has 160 valence electrons. The minimum absolute atomic E-state index is 0.293. The molecule has 5 rings (SSSR count). The average Bonchev–Trinajstić information content (AvgIpc) is 3.57. The Morgan fingerprint density at radius 3 is 2.81 bits per heavy atom. The molecule has 0 unspecified atom stereocenters. The summed E-state index contributed by atoms with van der Waals surface area (Å²) in [5.74, 6) is 2.20. The number of hydrogen-bond donors (Lipinski definition) is 3. The summed E-state index contributed by atoms with van der Waals surface area (Å²) in [5, 5.41) is 10.2. The van der Waals surface area contributed by atoms with Crippen LogP contribution < -0.4 is 16.0 Å². The molecular formula is C25H30N6. The first-order valence-corrected chi connectivity index (χ1v) is 11.3. The third kappa shape index (κ3) is 4.26. The molecule has 1 fully saturated rings. The van der Waals surface area contributed by atoms with Crippen molar-refractivity contribution in [1.29, 1.82) is 0 Å². The molecule has 6 nitrogen and oxygen atoms in total. The van der Waals surface area contributed by atoms with E-state index in [0.717, 1.165) is 42.4 Å². The van der Waals surface area contributed by atoms with Gasteiger partial charge in [-0.1, -0.05) is 25.5 Å². The molecule has 2 aliphatic rings. The molecule has 0 spiro atoms. The van der Waals surface area contributed by atoms with E-state index in [1.165, 1.54) is 42.5 Å². The van der Waals surface area contributed by atoms with E-state index in [2.05, 4.69) is 58.2 Å². The Morgan fingerprint density at radius 2 is 1.97 bits per heavy atom. The third-order valence-corrected chi connectivity index (χ3v) is 6.44. The van der Waals surface area contributed by atoms with Crippen LogP contribution in [0, 0.1) is 6.92 Å². The van der Waals surface area contributed by atoms with Crippen LogP contribution in [0.4, 0.5) is 23.3 Å². The van der Waals surface area contributed by atoms with Gasteiger partial charge in [-0.05, 0) is 74.5 Å². The highest BCUT2D eigenvalue weighted by atomic mass is 15.2. The van der Waals surface area contributed by atoms with Gasteiger partial charge in [-0.25, -0.2) is 9.97 Å². The molecule has 3 N–H and O–H groups in total. The van der Waals surface area contributed by atoms with Gasteiger partial charge in [0, 0.05) is 35.1 Å². The Bertz CT molecular complexity index is 1090. The minimum atomic E-state index is 0.293. The highest BCUT2D eigenvalue weighted by Crippen LogP contribution is 2.51. The summed E-state index contributed by atoms with van der Waals surface area (Å²) in [6.45, 7) is 6.22. The van der Waals surface area contributed by atoms with Crippen molar-refractivity contribution in [3.8, 4) is 0 Å². The number of aryl methyl sites for hydroxylation is 1. The summed E-state index contributed by atoms with van der Waals surface area (Å²) in [4.78, 5) is 14.1. The van der Waals surface area contributed by atoms with Gasteiger partial charge in [0.15, 0.2) is 0 Å². The van der Waals surface area contributed by atoms with Crippen LogP contribution in [0.5, 0.6) is 0 Å². The highest BCUT2D eigenvalue weighted by molar-refractivity contribution is 5.61. The lowest BCUT2D eigenvalue weighted by atomic mass is 9.96. The minimum Gasteiger partial charge on any atom is -0.325 e. The van der Waals surface area contributed by atoms with E-state index in [4.69, 9.17) is 9.97 Å². The van der Waals surface area contributed by atoms with E-state index >= 15 is 0 Å². The molecule has 3 heterocycles. The Hall–Kier alpha value is -2.99. The standard InChI is InChI=1S/C25H30N6/c1-3-10-25(11-12-25)21-5-4-6-22(29-21)30-23-17(2)15-27-24(31-23)28-20-8-7-18-9-13-26-16-19(18)14-20/h4-8,14-15,26H,3,9-13,16H2,1-2H3,(H2,27,28,29,30,31). The predicted molar refractivity (Wildman–Crippen MR) is 125 cm³/mol. The molecule has 6 heteroatoms. The van der Waals surface area contributed by atoms with Crippen LogP contribution in [-0.2, 0) is 18.4 Å². The molecule has 0 radical (unpaired) electrons. The first-order chi connectivity index (χ1) is 15.1. The number of hydrogen-bond acceptors (Lipinski definition) is 6. The first kappa shape index (κ1) is 19.9. The lowest BCUT2D eigenvalue weighted by molar-refractivity contribution is 0.590. The maximum atomic E-state index is 4.92. The van der Waals surface area contributed by atoms with Crippen molar-refractivity contribution in [2.24, 2.45) is 0 Å². The van der Waals surface area contributed by atoms with Gasteiger partial charge >= 0.3 is 0 Å². The predicted octanol–water partition coefficient (Wildman–Crippen LogP) is 5.14. The fraction of sp³-hybridized carbons (Fsp3) is 0.400. The van der Waals surface area contributed by atoms with E-state index < -0.39 is 0 Å². The molecule has 0 saturated heterocycles. The number of nitrogens with zero attached hydrogens (tertiary/aromatic N) is 3. The SMILES string of the molecule is CCCC1(c2cccc(Nc3nc(Nc4ccc5c(c4)CNCC5)ncc3C)n2)CC1. The second-order valence-corrected chi connectivity index (χ2v) is 8.82. The van der Waals surface area contributed by atoms with Crippen LogP contribution >= 0.6 is 0 Å². The van der Waals surface area contributed by atoms with Crippen LogP contribution in [-0.4, -0.2) is 21.5 Å². The lowest BCUT2D eigenvalue weighted by Crippen LogP contribution is -2.23. The number of aromatic nitrogens is 3. The van der Waals surface area contributed by atoms with E-state index in [1.807, 2.05) is 19.2 Å². The maximum Gasteiger partial charge on any atom is 0.229 e. The molecule has 0 amide bonds. The fourth-order valence-electron chi connectivity index (χ4n) is 4.50. The van der Waals surface area contributed by atoms with E-state index in [0.29, 0.717) is 11.4 Å². The number of pyridine rings is 1. The van der Waals surface area contributed by atoms with E-state index in [9.17, 15) is 0 Å². The quantitative estimate of drug-likeness (QED) is 0.497. The number of anilines is 4. The van der Waals surface area contributed by atoms with Crippen LogP contribution in [0.3, 0.4) is 0 Å². The molecule has 0 atom stereocenters. The Kier molecular flexibility index (Phi) is 5.32. The van der Waals surface area contributed by atoms with Gasteiger partial charge in [0.05, 0.1) is 0 Å². The zero-order chi connectivity index (χ0) is 21.3. The van der Waals surface area contributed by atoms with Crippen LogP contribution in [0.15, 0.2) is 42.6 Å². The van der Waals surface area contributed by atoms with Crippen molar-refractivity contribution in [2.75, 3.05) is 17.2 Å². The normalized spacial score (nSPS) is 16.5. The number of rotatable bonds is 7. The van der Waals surface area contributed by atoms with Crippen LogP contribution in [0.2, 0.25) is 0 Å². The zero-order valence-corrected chi connectivity index (χ0v) is 18.3. The van der Waals surface area contributed by atoms with Crippen molar-refractivity contribution in [3.05, 3.63) is 65.0 Å². The molecule has 1 aliphatic carbocycles. The number of benzene rings is 1. The summed E-state index contributed by atoms with van der Waals surface area (Å²) in [7, 11) is 0. The monoisotopic (exact) mass is 414 g/mol. The van der Waals surface area contributed by atoms with Crippen molar-refractivity contribution < 1.29 is 0 Å². The fourth-order valence-corrected chi connectivity index (χ4v) is 4.50. The van der Waals surface area contributed by atoms with Gasteiger partial charge in [0.25, 0.3) is 0 Å². The summed E-state index contributed by atoms with van der Waals surface area (Å²) >= 11 is 0. The Labute approximate surface area is 183 Å². The van der Waals surface area contributed by atoms with Gasteiger partial charge in [-0.2, -0.15) is 4.98 Å². The molecule has 3 aromatic rings.